The van der Waals surface area contributed by atoms with Gasteiger partial charge in [0, 0.05) is 23.5 Å². The number of pyridine rings is 1. The Morgan fingerprint density at radius 2 is 1.92 bits per heavy atom. The number of nitrogens with zero attached hydrogens (tertiary/aromatic N) is 1. The van der Waals surface area contributed by atoms with Crippen molar-refractivity contribution < 1.29 is 4.21 Å². The van der Waals surface area contributed by atoms with Gasteiger partial charge < -0.3 is 4.98 Å². The van der Waals surface area contributed by atoms with E-state index in [4.69, 9.17) is 10.7 Å². The van der Waals surface area contributed by atoms with Crippen molar-refractivity contribution in [3.05, 3.63) is 70.1 Å². The van der Waals surface area contributed by atoms with Crippen molar-refractivity contribution in [2.75, 3.05) is 10.8 Å². The number of rotatable bonds is 2. The van der Waals surface area contributed by atoms with Crippen LogP contribution in [-0.4, -0.2) is 15.7 Å². The van der Waals surface area contributed by atoms with Crippen LogP contribution in [0.3, 0.4) is 0 Å². The van der Waals surface area contributed by atoms with Crippen molar-refractivity contribution in [2.45, 2.75) is 18.2 Å². The minimum absolute atomic E-state index is 0.205. The van der Waals surface area contributed by atoms with Crippen LogP contribution in [0.5, 0.6) is 0 Å². The molecule has 0 aliphatic carbocycles. The maximum atomic E-state index is 13.6. The predicted octanol–water partition coefficient (Wildman–Crippen LogP) is 3.34. The Bertz CT molecular complexity index is 1060. The first-order chi connectivity index (χ1) is 11.5. The molecule has 1 N–H and O–H groups in total. The summed E-state index contributed by atoms with van der Waals surface area (Å²) in [6, 6.07) is 12.9. The topological polar surface area (TPSA) is 53.2 Å². The van der Waals surface area contributed by atoms with Gasteiger partial charge in [0.15, 0.2) is 0 Å². The van der Waals surface area contributed by atoms with Crippen LogP contribution >= 0.6 is 10.7 Å². The first-order valence-corrected chi connectivity index (χ1v) is 10.3. The van der Waals surface area contributed by atoms with Gasteiger partial charge in [0.05, 0.1) is 19.9 Å². The molecule has 0 bridgehead atoms. The first kappa shape index (κ1) is 15.4. The summed E-state index contributed by atoms with van der Waals surface area (Å²) in [5.41, 5.74) is 3.09. The van der Waals surface area contributed by atoms with Crippen LogP contribution in [0.25, 0.3) is 10.8 Å². The number of aromatic amines is 1. The van der Waals surface area contributed by atoms with Crippen LogP contribution in [0.15, 0.2) is 58.4 Å². The maximum absolute atomic E-state index is 13.6. The molecule has 1 aromatic heterocycles. The first-order valence-electron chi connectivity index (χ1n) is 7.77. The number of fused-ring (bicyclic) bond motifs is 2. The average molecular weight is 361 g/mol. The number of halogens is 1. The molecule has 0 saturated heterocycles. The molecular formula is C18H17ClN2O2S. The van der Waals surface area contributed by atoms with Gasteiger partial charge in [-0.15, -0.1) is 0 Å². The lowest BCUT2D eigenvalue weighted by molar-refractivity contribution is 0.677. The number of nitrogens with one attached hydrogen (secondary N) is 1. The number of anilines is 1. The molecule has 0 spiro atoms. The van der Waals surface area contributed by atoms with Gasteiger partial charge in [-0.05, 0) is 59.4 Å². The van der Waals surface area contributed by atoms with Crippen LogP contribution in [0.2, 0.25) is 0 Å². The molecule has 0 amide bonds. The number of thiol groups is 1. The second-order valence-corrected chi connectivity index (χ2v) is 9.34. The normalized spacial score (nSPS) is 14.8. The maximum Gasteiger partial charge on any atom is 0.255 e. The van der Waals surface area contributed by atoms with Gasteiger partial charge in [0.2, 0.25) is 0 Å². The summed E-state index contributed by atoms with van der Waals surface area (Å²) < 4.78 is 15.4. The number of hydrogen-bond donors (Lipinski definition) is 2. The fourth-order valence-electron chi connectivity index (χ4n) is 3.43. The largest absolute Gasteiger partial charge is 0.329 e. The van der Waals surface area contributed by atoms with E-state index < -0.39 is 9.33 Å². The Morgan fingerprint density at radius 1 is 1.12 bits per heavy atom. The second kappa shape index (κ2) is 5.46. The zero-order chi connectivity index (χ0) is 16.9. The molecule has 1 aliphatic rings. The summed E-state index contributed by atoms with van der Waals surface area (Å²) in [4.78, 5) is 15.2. The van der Waals surface area contributed by atoms with Gasteiger partial charge in [-0.2, -0.15) is 0 Å². The van der Waals surface area contributed by atoms with E-state index in [2.05, 4.69) is 18.0 Å². The highest BCUT2D eigenvalue weighted by atomic mass is 35.7. The van der Waals surface area contributed by atoms with E-state index in [1.54, 1.807) is 34.8 Å². The molecule has 124 valence electrons. The van der Waals surface area contributed by atoms with Gasteiger partial charge in [-0.25, -0.2) is 4.21 Å². The molecule has 3 aromatic rings. The van der Waals surface area contributed by atoms with Gasteiger partial charge in [0.25, 0.3) is 5.56 Å². The summed E-state index contributed by atoms with van der Waals surface area (Å²) in [5.74, 6) is 0. The van der Waals surface area contributed by atoms with Gasteiger partial charge in [-0.3, -0.25) is 9.10 Å². The van der Waals surface area contributed by atoms with Crippen molar-refractivity contribution in [1.82, 2.24) is 4.98 Å². The molecule has 4 nitrogen and oxygen atoms in total. The third kappa shape index (κ3) is 2.19. The Labute approximate surface area is 145 Å². The number of aromatic nitrogens is 1. The minimum Gasteiger partial charge on any atom is -0.329 e. The third-order valence-corrected chi connectivity index (χ3v) is 7.75. The minimum atomic E-state index is -3.36. The summed E-state index contributed by atoms with van der Waals surface area (Å²) in [6.45, 7) is 2.67. The van der Waals surface area contributed by atoms with Crippen LogP contribution in [-0.2, 0) is 15.8 Å². The zero-order valence-electron chi connectivity index (χ0n) is 13.1. The molecule has 24 heavy (non-hydrogen) atoms. The quantitative estimate of drug-likeness (QED) is 0.544. The molecule has 0 atom stereocenters. The van der Waals surface area contributed by atoms with Crippen molar-refractivity contribution in [1.29, 1.82) is 0 Å². The van der Waals surface area contributed by atoms with E-state index in [9.17, 15) is 9.00 Å². The Kier molecular flexibility index (Phi) is 3.51. The van der Waals surface area contributed by atoms with E-state index >= 15 is 0 Å². The molecule has 4 rings (SSSR count). The lowest BCUT2D eigenvalue weighted by atomic mass is 10.1. The molecule has 1 aliphatic heterocycles. The smallest absolute Gasteiger partial charge is 0.255 e. The van der Waals surface area contributed by atoms with Crippen molar-refractivity contribution in [3.63, 3.8) is 0 Å². The van der Waals surface area contributed by atoms with Gasteiger partial charge in [0.1, 0.15) is 0 Å². The fraction of sp³-hybridized carbons (Fsp3) is 0.167. The lowest BCUT2D eigenvalue weighted by Gasteiger charge is -2.31. The molecule has 0 unspecified atom stereocenters. The molecule has 6 heteroatoms. The highest BCUT2D eigenvalue weighted by Crippen LogP contribution is 2.41. The third-order valence-electron chi connectivity index (χ3n) is 4.64. The Morgan fingerprint density at radius 3 is 2.75 bits per heavy atom. The fourth-order valence-corrected chi connectivity index (χ4v) is 6.19. The zero-order valence-corrected chi connectivity index (χ0v) is 14.8. The Hall–Kier alpha value is -2.11. The van der Waals surface area contributed by atoms with Gasteiger partial charge in [-0.1, -0.05) is 18.2 Å². The van der Waals surface area contributed by atoms with Crippen molar-refractivity contribution in [3.8, 4) is 0 Å². The summed E-state index contributed by atoms with van der Waals surface area (Å²) >= 11 is 0. The van der Waals surface area contributed by atoms with E-state index in [-0.39, 0.29) is 5.56 Å². The lowest BCUT2D eigenvalue weighted by Crippen LogP contribution is -2.31. The Balaban J connectivity index is 1.92. The number of benzene rings is 2. The van der Waals surface area contributed by atoms with Crippen LogP contribution in [0.4, 0.5) is 5.69 Å². The van der Waals surface area contributed by atoms with Crippen LogP contribution in [0.1, 0.15) is 11.1 Å². The monoisotopic (exact) mass is 360 g/mol. The summed E-state index contributed by atoms with van der Waals surface area (Å²) in [5, 5.41) is 1.14. The van der Waals surface area contributed by atoms with E-state index in [0.717, 1.165) is 12.1 Å². The molecule has 0 radical (unpaired) electrons. The van der Waals surface area contributed by atoms with Crippen LogP contribution in [0, 0.1) is 6.92 Å². The SMILES string of the molecule is Cc1cccc2c1CCN2[SH](=O)(Cl)c1cccc2c(=O)[nH]ccc12. The predicted molar refractivity (Wildman–Crippen MR) is 100 cm³/mol. The molecule has 0 saturated carbocycles. The number of aryl methyl sites for hydroxylation is 1. The highest BCUT2D eigenvalue weighted by molar-refractivity contribution is 8.24. The molecule has 0 fully saturated rings. The van der Waals surface area contributed by atoms with E-state index in [1.807, 2.05) is 12.1 Å². The standard InChI is InChI=1S/C18H17ClN2O2S/c1-12-4-2-6-16-13(12)9-11-21(16)24(19,23)17-7-3-5-15-14(17)8-10-20-18(15)22/h2-8,10,24H,9,11H2,1H3,(H,20,22). The molecule has 2 heterocycles. The molecular weight excluding hydrogens is 344 g/mol. The van der Waals surface area contributed by atoms with Crippen molar-refractivity contribution >= 4 is 36.5 Å². The highest BCUT2D eigenvalue weighted by Gasteiger charge is 2.31. The molecule has 2 aromatic carbocycles. The van der Waals surface area contributed by atoms with Crippen molar-refractivity contribution in [2.24, 2.45) is 0 Å². The van der Waals surface area contributed by atoms with Crippen LogP contribution < -0.4 is 9.86 Å². The summed E-state index contributed by atoms with van der Waals surface area (Å²) in [6.07, 6.45) is 2.39. The summed E-state index contributed by atoms with van der Waals surface area (Å²) in [7, 11) is 3.29. The van der Waals surface area contributed by atoms with E-state index in [0.29, 0.717) is 22.2 Å². The van der Waals surface area contributed by atoms with E-state index in [1.165, 1.54) is 11.1 Å². The number of H-pyrrole nitrogens is 1. The second-order valence-electron chi connectivity index (χ2n) is 5.99. The number of hydrogen-bond acceptors (Lipinski definition) is 2. The van der Waals surface area contributed by atoms with Gasteiger partial charge >= 0.3 is 0 Å². The average Bonchev–Trinajstić information content (AvgIpc) is 3.01.